The van der Waals surface area contributed by atoms with Crippen LogP contribution in [-0.4, -0.2) is 33.5 Å². The second kappa shape index (κ2) is 9.38. The molecule has 3 heterocycles. The zero-order valence-electron chi connectivity index (χ0n) is 16.4. The molecule has 2 aliphatic heterocycles. The molecule has 30 heavy (non-hydrogen) atoms. The number of halogens is 2. The van der Waals surface area contributed by atoms with Crippen LogP contribution in [0.3, 0.4) is 0 Å². The van der Waals surface area contributed by atoms with E-state index in [0.29, 0.717) is 17.3 Å². The fourth-order valence-electron chi connectivity index (χ4n) is 3.77. The van der Waals surface area contributed by atoms with Crippen molar-refractivity contribution in [1.82, 2.24) is 10.0 Å². The van der Waals surface area contributed by atoms with Crippen molar-refractivity contribution < 1.29 is 13.2 Å². The SMILES string of the molecule is Cc1cc2c(cc1N1CC[C@H](NS(=O)(=O)/C=C/c3ccc(Cl)s3)C1=O)CCNC2.Cl. The number of carbonyl (C=O) groups excluding carboxylic acids is 1. The Morgan fingerprint density at radius 3 is 2.83 bits per heavy atom. The normalized spacial score (nSPS) is 19.2. The summed E-state index contributed by atoms with van der Waals surface area (Å²) >= 11 is 7.15. The Balaban J connectivity index is 0.00000256. The van der Waals surface area contributed by atoms with Crippen molar-refractivity contribution in [2.45, 2.75) is 32.4 Å². The second-order valence-corrected chi connectivity index (χ2v) is 10.6. The number of rotatable bonds is 5. The lowest BCUT2D eigenvalue weighted by atomic mass is 9.97. The van der Waals surface area contributed by atoms with Crippen LogP contribution in [0.1, 0.15) is 28.0 Å². The van der Waals surface area contributed by atoms with Gasteiger partial charge in [0.1, 0.15) is 6.04 Å². The Bertz CT molecular complexity index is 1080. The van der Waals surface area contributed by atoms with Crippen LogP contribution < -0.4 is 14.9 Å². The first-order valence-electron chi connectivity index (χ1n) is 9.43. The van der Waals surface area contributed by atoms with E-state index in [-0.39, 0.29) is 18.3 Å². The molecule has 1 aromatic carbocycles. The maximum Gasteiger partial charge on any atom is 0.245 e. The summed E-state index contributed by atoms with van der Waals surface area (Å²) in [6.07, 6.45) is 2.85. The highest BCUT2D eigenvalue weighted by Gasteiger charge is 2.35. The zero-order chi connectivity index (χ0) is 20.6. The molecular formula is C20H23Cl2N3O3S2. The minimum atomic E-state index is -3.74. The highest BCUT2D eigenvalue weighted by Crippen LogP contribution is 2.30. The van der Waals surface area contributed by atoms with Crippen molar-refractivity contribution >= 4 is 63.0 Å². The van der Waals surface area contributed by atoms with Crippen LogP contribution in [0.5, 0.6) is 0 Å². The Labute approximate surface area is 191 Å². The molecule has 10 heteroatoms. The summed E-state index contributed by atoms with van der Waals surface area (Å²) in [6.45, 7) is 4.25. The first-order chi connectivity index (χ1) is 13.8. The number of amides is 1. The molecule has 0 aliphatic carbocycles. The fourth-order valence-corrected chi connectivity index (χ4v) is 5.84. The molecule has 0 spiro atoms. The number of nitrogens with one attached hydrogen (secondary N) is 2. The van der Waals surface area contributed by atoms with Gasteiger partial charge >= 0.3 is 0 Å². The molecule has 0 saturated carbocycles. The summed E-state index contributed by atoms with van der Waals surface area (Å²) < 4.78 is 27.9. The number of anilines is 1. The molecule has 1 saturated heterocycles. The smallest absolute Gasteiger partial charge is 0.245 e. The molecule has 0 unspecified atom stereocenters. The van der Waals surface area contributed by atoms with E-state index in [4.69, 9.17) is 11.6 Å². The lowest BCUT2D eigenvalue weighted by Crippen LogP contribution is -2.41. The van der Waals surface area contributed by atoms with Gasteiger partial charge in [0.05, 0.1) is 4.34 Å². The summed E-state index contributed by atoms with van der Waals surface area (Å²) in [5.74, 6) is -0.210. The van der Waals surface area contributed by atoms with Gasteiger partial charge in [-0.05, 0) is 67.3 Å². The van der Waals surface area contributed by atoms with Gasteiger partial charge in [0.25, 0.3) is 0 Å². The summed E-state index contributed by atoms with van der Waals surface area (Å²) in [5, 5.41) is 4.44. The van der Waals surface area contributed by atoms with Crippen LogP contribution in [0.4, 0.5) is 5.69 Å². The van der Waals surface area contributed by atoms with E-state index in [1.165, 1.54) is 28.5 Å². The lowest BCUT2D eigenvalue weighted by Gasteiger charge is -2.24. The molecule has 1 aromatic heterocycles. The molecule has 1 fully saturated rings. The number of fused-ring (bicyclic) bond motifs is 1. The van der Waals surface area contributed by atoms with E-state index in [1.54, 1.807) is 17.0 Å². The third-order valence-electron chi connectivity index (χ3n) is 5.21. The summed E-state index contributed by atoms with van der Waals surface area (Å²) in [5.41, 5.74) is 4.42. The number of carbonyl (C=O) groups is 1. The van der Waals surface area contributed by atoms with Crippen molar-refractivity contribution in [3.05, 3.63) is 55.6 Å². The van der Waals surface area contributed by atoms with Gasteiger partial charge in [0.15, 0.2) is 0 Å². The Morgan fingerprint density at radius 1 is 1.30 bits per heavy atom. The molecule has 1 atom stereocenters. The van der Waals surface area contributed by atoms with Crippen molar-refractivity contribution in [3.63, 3.8) is 0 Å². The highest BCUT2D eigenvalue weighted by molar-refractivity contribution is 7.92. The minimum absolute atomic E-state index is 0. The predicted molar refractivity (Wildman–Crippen MR) is 125 cm³/mol. The largest absolute Gasteiger partial charge is 0.312 e. The Morgan fingerprint density at radius 2 is 2.10 bits per heavy atom. The monoisotopic (exact) mass is 487 g/mol. The molecule has 2 aromatic rings. The Hall–Kier alpha value is -1.42. The molecule has 2 aliphatic rings. The van der Waals surface area contributed by atoms with Gasteiger partial charge in [-0.2, -0.15) is 4.72 Å². The fraction of sp³-hybridized carbons (Fsp3) is 0.350. The average Bonchev–Trinajstić information content (AvgIpc) is 3.25. The van der Waals surface area contributed by atoms with Crippen molar-refractivity contribution in [1.29, 1.82) is 0 Å². The van der Waals surface area contributed by atoms with Crippen LogP contribution in [0.25, 0.3) is 6.08 Å². The van der Waals surface area contributed by atoms with Crippen LogP contribution in [-0.2, 0) is 27.8 Å². The first kappa shape index (κ1) is 23.2. The maximum atomic E-state index is 12.9. The Kier molecular flexibility index (Phi) is 7.27. The first-order valence-corrected chi connectivity index (χ1v) is 12.2. The molecule has 162 valence electrons. The molecule has 6 nitrogen and oxygen atoms in total. The average molecular weight is 488 g/mol. The lowest BCUT2D eigenvalue weighted by molar-refractivity contribution is -0.118. The van der Waals surface area contributed by atoms with Crippen molar-refractivity contribution in [2.24, 2.45) is 0 Å². The van der Waals surface area contributed by atoms with Gasteiger partial charge in [-0.1, -0.05) is 17.7 Å². The van der Waals surface area contributed by atoms with Gasteiger partial charge in [0, 0.05) is 29.1 Å². The third-order valence-corrected chi connectivity index (χ3v) is 7.52. The van der Waals surface area contributed by atoms with E-state index in [9.17, 15) is 13.2 Å². The summed E-state index contributed by atoms with van der Waals surface area (Å²) in [4.78, 5) is 15.4. The van der Waals surface area contributed by atoms with Gasteiger partial charge in [-0.25, -0.2) is 8.42 Å². The number of hydrogen-bond donors (Lipinski definition) is 2. The van der Waals surface area contributed by atoms with Crippen molar-refractivity contribution in [3.8, 4) is 0 Å². The van der Waals surface area contributed by atoms with E-state index >= 15 is 0 Å². The zero-order valence-corrected chi connectivity index (χ0v) is 19.6. The topological polar surface area (TPSA) is 78.5 Å². The minimum Gasteiger partial charge on any atom is -0.312 e. The molecule has 1 amide bonds. The molecule has 0 radical (unpaired) electrons. The molecule has 4 rings (SSSR count). The standard InChI is InChI=1S/C20H22ClN3O3S2.ClH/c1-13-10-15-12-22-7-4-14(15)11-18(13)24-8-5-17(20(24)25)23-29(26,27)9-6-16-2-3-19(21)28-16;/h2-3,6,9-11,17,22-23H,4-5,7-8,12H2,1H3;1H/b9-6+;/t17-;/m0./s1. The van der Waals surface area contributed by atoms with E-state index in [2.05, 4.69) is 22.2 Å². The number of nitrogens with zero attached hydrogens (tertiary/aromatic N) is 1. The number of sulfonamides is 1. The van der Waals surface area contributed by atoms with Crippen LogP contribution in [0.15, 0.2) is 29.7 Å². The predicted octanol–water partition coefficient (Wildman–Crippen LogP) is 3.47. The molecule has 0 bridgehead atoms. The number of hydrogen-bond acceptors (Lipinski definition) is 5. The van der Waals surface area contributed by atoms with Gasteiger partial charge in [-0.3, -0.25) is 4.79 Å². The third kappa shape index (κ3) is 5.07. The van der Waals surface area contributed by atoms with E-state index in [0.717, 1.165) is 41.0 Å². The number of benzene rings is 1. The van der Waals surface area contributed by atoms with Gasteiger partial charge in [0.2, 0.25) is 15.9 Å². The van der Waals surface area contributed by atoms with Crippen LogP contribution in [0.2, 0.25) is 4.34 Å². The van der Waals surface area contributed by atoms with Gasteiger partial charge in [-0.15, -0.1) is 23.7 Å². The maximum absolute atomic E-state index is 12.9. The van der Waals surface area contributed by atoms with Crippen LogP contribution >= 0.6 is 35.3 Å². The molecule has 2 N–H and O–H groups in total. The van der Waals surface area contributed by atoms with E-state index in [1.807, 2.05) is 6.92 Å². The highest BCUT2D eigenvalue weighted by atomic mass is 35.5. The quantitative estimate of drug-likeness (QED) is 0.676. The van der Waals surface area contributed by atoms with Gasteiger partial charge < -0.3 is 10.2 Å². The summed E-state index contributed by atoms with van der Waals surface area (Å²) in [7, 11) is -3.74. The summed E-state index contributed by atoms with van der Waals surface area (Å²) in [6, 6.07) is 6.91. The number of thiophene rings is 1. The van der Waals surface area contributed by atoms with Crippen molar-refractivity contribution in [2.75, 3.05) is 18.0 Å². The number of aryl methyl sites for hydroxylation is 1. The van der Waals surface area contributed by atoms with Crippen LogP contribution in [0, 0.1) is 6.92 Å². The second-order valence-electron chi connectivity index (χ2n) is 7.27. The van der Waals surface area contributed by atoms with E-state index < -0.39 is 16.1 Å². The molecular weight excluding hydrogens is 465 g/mol.